The fraction of sp³-hybridized carbons (Fsp3) is 0.308. The van der Waals surface area contributed by atoms with E-state index in [9.17, 15) is 9.59 Å². The molecule has 6 nitrogen and oxygen atoms in total. The molecule has 0 aliphatic heterocycles. The molecular weight excluding hydrogens is 276 g/mol. The van der Waals surface area contributed by atoms with Gasteiger partial charge in [-0.1, -0.05) is 6.92 Å². The summed E-state index contributed by atoms with van der Waals surface area (Å²) in [6.45, 7) is 1.92. The third kappa shape index (κ3) is 3.45. The minimum Gasteiger partial charge on any atom is -0.398 e. The molecule has 1 atom stereocenters. The normalized spacial score (nSPS) is 12.1. The third-order valence-electron chi connectivity index (χ3n) is 2.81. The van der Waals surface area contributed by atoms with Crippen LogP contribution in [0.5, 0.6) is 0 Å². The van der Waals surface area contributed by atoms with E-state index in [1.54, 1.807) is 6.20 Å². The maximum absolute atomic E-state index is 12.0. The van der Waals surface area contributed by atoms with Gasteiger partial charge >= 0.3 is 0 Å². The molecule has 2 heterocycles. The van der Waals surface area contributed by atoms with Crippen LogP contribution in [-0.2, 0) is 11.3 Å². The molecule has 2 rings (SSSR count). The Labute approximate surface area is 120 Å². The van der Waals surface area contributed by atoms with Crippen LogP contribution in [0.15, 0.2) is 34.7 Å². The average molecular weight is 292 g/mol. The Kier molecular flexibility index (Phi) is 4.52. The molecule has 0 saturated carbocycles. The molecule has 106 valence electrons. The van der Waals surface area contributed by atoms with Crippen LogP contribution in [0, 0.1) is 0 Å². The van der Waals surface area contributed by atoms with Gasteiger partial charge in [-0.25, -0.2) is 4.98 Å². The second-order valence-corrected chi connectivity index (χ2v) is 5.25. The van der Waals surface area contributed by atoms with E-state index < -0.39 is 0 Å². The highest BCUT2D eigenvalue weighted by Gasteiger charge is 2.15. The lowest BCUT2D eigenvalue weighted by molar-refractivity contribution is -0.122. The highest BCUT2D eigenvalue weighted by Crippen LogP contribution is 2.18. The Bertz CT molecular complexity index is 636. The predicted molar refractivity (Wildman–Crippen MR) is 78.4 cm³/mol. The largest absolute Gasteiger partial charge is 0.398 e. The molecule has 20 heavy (non-hydrogen) atoms. The molecule has 0 saturated heterocycles. The first-order valence-corrected chi connectivity index (χ1v) is 7.13. The van der Waals surface area contributed by atoms with Crippen molar-refractivity contribution in [3.8, 4) is 0 Å². The Morgan fingerprint density at radius 2 is 2.35 bits per heavy atom. The summed E-state index contributed by atoms with van der Waals surface area (Å²) in [5.41, 5.74) is 5.80. The summed E-state index contributed by atoms with van der Waals surface area (Å²) >= 11 is 1.50. The van der Waals surface area contributed by atoms with Crippen molar-refractivity contribution in [2.75, 3.05) is 5.73 Å². The third-order valence-corrected chi connectivity index (χ3v) is 3.70. The van der Waals surface area contributed by atoms with Gasteiger partial charge in [0.1, 0.15) is 11.6 Å². The number of nitrogen functional groups attached to an aromatic ring is 1. The van der Waals surface area contributed by atoms with Crippen molar-refractivity contribution in [1.29, 1.82) is 0 Å². The number of pyridine rings is 1. The number of hydrogen-bond donors (Lipinski definition) is 2. The molecule has 0 radical (unpaired) electrons. The number of hydrogen-bond acceptors (Lipinski definition) is 5. The van der Waals surface area contributed by atoms with Crippen LogP contribution in [0.25, 0.3) is 0 Å². The van der Waals surface area contributed by atoms with Crippen LogP contribution >= 0.6 is 11.3 Å². The number of anilines is 1. The summed E-state index contributed by atoms with van der Waals surface area (Å²) in [6, 6.07) is 2.74. The van der Waals surface area contributed by atoms with Gasteiger partial charge < -0.3 is 15.6 Å². The van der Waals surface area contributed by atoms with Gasteiger partial charge in [-0.2, -0.15) is 0 Å². The lowest BCUT2D eigenvalue weighted by atomic mass is 10.2. The number of thiazole rings is 1. The molecule has 0 fully saturated rings. The van der Waals surface area contributed by atoms with Crippen molar-refractivity contribution >= 4 is 22.9 Å². The molecule has 0 bridgehead atoms. The molecule has 0 spiro atoms. The first kappa shape index (κ1) is 14.3. The van der Waals surface area contributed by atoms with Gasteiger partial charge in [0.15, 0.2) is 0 Å². The summed E-state index contributed by atoms with van der Waals surface area (Å²) in [7, 11) is 0. The zero-order valence-electron chi connectivity index (χ0n) is 11.1. The van der Waals surface area contributed by atoms with Gasteiger partial charge in [0, 0.05) is 29.5 Å². The molecule has 7 heteroatoms. The first-order valence-electron chi connectivity index (χ1n) is 6.25. The predicted octanol–water partition coefficient (Wildman–Crippen LogP) is 1.15. The second-order valence-electron chi connectivity index (χ2n) is 4.33. The van der Waals surface area contributed by atoms with Gasteiger partial charge in [0.05, 0.1) is 6.04 Å². The van der Waals surface area contributed by atoms with Crippen molar-refractivity contribution in [1.82, 2.24) is 14.9 Å². The van der Waals surface area contributed by atoms with Gasteiger partial charge in [-0.15, -0.1) is 11.3 Å². The Balaban J connectivity index is 2.05. The summed E-state index contributed by atoms with van der Waals surface area (Å²) in [6.07, 6.45) is 3.91. The van der Waals surface area contributed by atoms with Crippen LogP contribution < -0.4 is 16.6 Å². The van der Waals surface area contributed by atoms with Crippen LogP contribution in [0.3, 0.4) is 0 Å². The van der Waals surface area contributed by atoms with Crippen molar-refractivity contribution in [2.45, 2.75) is 25.9 Å². The van der Waals surface area contributed by atoms with E-state index >= 15 is 0 Å². The number of aromatic nitrogens is 2. The topological polar surface area (TPSA) is 90.0 Å². The molecule has 1 amide bonds. The molecule has 0 aliphatic carbocycles. The number of nitrogens with one attached hydrogen (secondary N) is 1. The monoisotopic (exact) mass is 292 g/mol. The van der Waals surface area contributed by atoms with E-state index in [0.717, 1.165) is 11.4 Å². The number of nitrogens with two attached hydrogens (primary N) is 1. The van der Waals surface area contributed by atoms with Gasteiger partial charge in [-0.3, -0.25) is 9.59 Å². The molecular formula is C13H16N4O2S. The lowest BCUT2D eigenvalue weighted by Gasteiger charge is -2.15. The second kappa shape index (κ2) is 6.33. The summed E-state index contributed by atoms with van der Waals surface area (Å²) in [4.78, 5) is 27.8. The Morgan fingerprint density at radius 1 is 1.55 bits per heavy atom. The molecule has 2 aromatic heterocycles. The lowest BCUT2D eigenvalue weighted by Crippen LogP contribution is -2.34. The molecule has 2 aromatic rings. The zero-order chi connectivity index (χ0) is 14.5. The minimum atomic E-state index is -0.253. The summed E-state index contributed by atoms with van der Waals surface area (Å²) < 4.78 is 1.29. The highest BCUT2D eigenvalue weighted by molar-refractivity contribution is 7.09. The fourth-order valence-corrected chi connectivity index (χ4v) is 2.59. The maximum Gasteiger partial charge on any atom is 0.251 e. The smallest absolute Gasteiger partial charge is 0.251 e. The van der Waals surface area contributed by atoms with Gasteiger partial charge in [0.2, 0.25) is 5.91 Å². The zero-order valence-corrected chi connectivity index (χ0v) is 11.9. The number of carbonyl (C=O) groups is 1. The van der Waals surface area contributed by atoms with Crippen molar-refractivity contribution in [3.63, 3.8) is 0 Å². The SMILES string of the molecule is CCC(NC(=O)Cn1cc(N)ccc1=O)c1nccs1. The molecule has 0 aromatic carbocycles. The number of nitrogens with zero attached hydrogens (tertiary/aromatic N) is 2. The van der Waals surface area contributed by atoms with Crippen molar-refractivity contribution < 1.29 is 4.79 Å². The summed E-state index contributed by atoms with van der Waals surface area (Å²) in [5, 5.41) is 5.60. The Hall–Kier alpha value is -2.15. The van der Waals surface area contributed by atoms with Crippen LogP contribution in [0.1, 0.15) is 24.4 Å². The van der Waals surface area contributed by atoms with Crippen LogP contribution in [-0.4, -0.2) is 15.5 Å². The van der Waals surface area contributed by atoms with E-state index in [1.807, 2.05) is 12.3 Å². The minimum absolute atomic E-state index is 0.0499. The number of rotatable bonds is 5. The van der Waals surface area contributed by atoms with E-state index in [-0.39, 0.29) is 24.1 Å². The summed E-state index contributed by atoms with van der Waals surface area (Å²) in [5.74, 6) is -0.236. The highest BCUT2D eigenvalue weighted by atomic mass is 32.1. The molecule has 1 unspecified atom stereocenters. The van der Waals surface area contributed by atoms with Crippen LogP contribution in [0.4, 0.5) is 5.69 Å². The van der Waals surface area contributed by atoms with Crippen molar-refractivity contribution in [3.05, 3.63) is 45.3 Å². The quantitative estimate of drug-likeness (QED) is 0.865. The van der Waals surface area contributed by atoms with Gasteiger partial charge in [-0.05, 0) is 12.5 Å². The standard InChI is InChI=1S/C13H16N4O2S/c1-2-10(13-15-5-6-20-13)16-11(18)8-17-7-9(14)3-4-12(17)19/h3-7,10H,2,8,14H2,1H3,(H,16,18). The van der Waals surface area contributed by atoms with E-state index in [0.29, 0.717) is 5.69 Å². The Morgan fingerprint density at radius 3 is 3.00 bits per heavy atom. The average Bonchev–Trinajstić information content (AvgIpc) is 2.94. The molecule has 3 N–H and O–H groups in total. The van der Waals surface area contributed by atoms with E-state index in [1.165, 1.54) is 34.2 Å². The fourth-order valence-electron chi connectivity index (χ4n) is 1.81. The number of carbonyl (C=O) groups excluding carboxylic acids is 1. The maximum atomic E-state index is 12.0. The van der Waals surface area contributed by atoms with E-state index in [4.69, 9.17) is 5.73 Å². The molecule has 0 aliphatic rings. The van der Waals surface area contributed by atoms with Gasteiger partial charge in [0.25, 0.3) is 5.56 Å². The van der Waals surface area contributed by atoms with E-state index in [2.05, 4.69) is 10.3 Å². The van der Waals surface area contributed by atoms with Crippen LogP contribution in [0.2, 0.25) is 0 Å². The first-order chi connectivity index (χ1) is 9.60. The van der Waals surface area contributed by atoms with Crippen molar-refractivity contribution in [2.24, 2.45) is 0 Å². The number of amides is 1.